The van der Waals surface area contributed by atoms with Crippen LogP contribution in [0.15, 0.2) is 34.2 Å². The van der Waals surface area contributed by atoms with E-state index in [-0.39, 0.29) is 29.4 Å². The van der Waals surface area contributed by atoms with Gasteiger partial charge in [-0.05, 0) is 38.3 Å². The molecule has 8 nitrogen and oxygen atoms in total. The lowest BCUT2D eigenvalue weighted by Gasteiger charge is -2.35. The molecular weight excluding hydrogens is 414 g/mol. The number of thioether (sulfide) groups is 1. The summed E-state index contributed by atoms with van der Waals surface area (Å²) in [5, 5.41) is 9.92. The number of para-hydroxylation sites is 1. The zero-order valence-corrected chi connectivity index (χ0v) is 19.3. The molecule has 2 aromatic heterocycles. The number of rotatable bonds is 6. The van der Waals surface area contributed by atoms with Crippen LogP contribution in [0.4, 0.5) is 0 Å². The highest BCUT2D eigenvalue weighted by molar-refractivity contribution is 7.99. The molecule has 0 spiro atoms. The molecule has 3 aromatic rings. The second-order valence-corrected chi connectivity index (χ2v) is 9.56. The number of aromatic nitrogens is 4. The first kappa shape index (κ1) is 21.8. The maximum absolute atomic E-state index is 13.1. The largest absolute Gasteiger partial charge is 0.372 e. The number of fused-ring (bicyclic) bond motifs is 3. The van der Waals surface area contributed by atoms with Crippen molar-refractivity contribution in [2.24, 2.45) is 5.92 Å². The van der Waals surface area contributed by atoms with Gasteiger partial charge in [0.25, 0.3) is 5.56 Å². The molecule has 166 valence electrons. The van der Waals surface area contributed by atoms with E-state index in [4.69, 9.17) is 4.74 Å². The van der Waals surface area contributed by atoms with E-state index < -0.39 is 0 Å². The Hall–Kier alpha value is -2.39. The van der Waals surface area contributed by atoms with E-state index in [1.165, 1.54) is 11.8 Å². The molecule has 0 aliphatic carbocycles. The molecule has 0 radical (unpaired) electrons. The van der Waals surface area contributed by atoms with Gasteiger partial charge < -0.3 is 9.64 Å². The van der Waals surface area contributed by atoms with Crippen LogP contribution in [0.2, 0.25) is 0 Å². The third kappa shape index (κ3) is 4.48. The Labute approximate surface area is 185 Å². The molecule has 0 N–H and O–H groups in total. The van der Waals surface area contributed by atoms with E-state index in [1.54, 1.807) is 4.57 Å². The van der Waals surface area contributed by atoms with Gasteiger partial charge in [0.15, 0.2) is 5.16 Å². The summed E-state index contributed by atoms with van der Waals surface area (Å²) in [6, 6.07) is 7.50. The smallest absolute Gasteiger partial charge is 0.262 e. The summed E-state index contributed by atoms with van der Waals surface area (Å²) in [6.45, 7) is 10.0. The molecule has 1 aromatic carbocycles. The number of amides is 1. The van der Waals surface area contributed by atoms with Crippen LogP contribution in [-0.4, -0.2) is 61.0 Å². The number of hydrogen-bond acceptors (Lipinski definition) is 6. The van der Waals surface area contributed by atoms with Crippen LogP contribution < -0.4 is 5.56 Å². The van der Waals surface area contributed by atoms with Crippen molar-refractivity contribution < 1.29 is 9.53 Å². The van der Waals surface area contributed by atoms with Crippen molar-refractivity contribution in [2.75, 3.05) is 18.8 Å². The molecule has 2 unspecified atom stereocenters. The Morgan fingerprint density at radius 1 is 1.19 bits per heavy atom. The molecule has 31 heavy (non-hydrogen) atoms. The van der Waals surface area contributed by atoms with Crippen LogP contribution in [0.1, 0.15) is 34.1 Å². The van der Waals surface area contributed by atoms with Gasteiger partial charge in [0.1, 0.15) is 0 Å². The Balaban J connectivity index is 1.66. The van der Waals surface area contributed by atoms with Crippen molar-refractivity contribution in [3.05, 3.63) is 34.6 Å². The molecule has 2 atom stereocenters. The Morgan fingerprint density at radius 3 is 2.61 bits per heavy atom. The minimum absolute atomic E-state index is 0.0333. The molecule has 4 rings (SSSR count). The van der Waals surface area contributed by atoms with Crippen LogP contribution in [-0.2, 0) is 16.1 Å². The quantitative estimate of drug-likeness (QED) is 0.545. The van der Waals surface area contributed by atoms with Gasteiger partial charge in [0.2, 0.25) is 11.7 Å². The number of benzene rings is 1. The molecule has 1 aliphatic rings. The van der Waals surface area contributed by atoms with Crippen molar-refractivity contribution in [2.45, 2.75) is 58.0 Å². The summed E-state index contributed by atoms with van der Waals surface area (Å²) in [4.78, 5) is 27.8. The van der Waals surface area contributed by atoms with Gasteiger partial charge in [-0.1, -0.05) is 37.7 Å². The fourth-order valence-electron chi connectivity index (χ4n) is 4.02. The van der Waals surface area contributed by atoms with Crippen molar-refractivity contribution in [1.29, 1.82) is 0 Å². The van der Waals surface area contributed by atoms with Gasteiger partial charge in [-0.2, -0.15) is 0 Å². The number of ether oxygens (including phenoxy) is 1. The maximum atomic E-state index is 13.1. The monoisotopic (exact) mass is 443 g/mol. The van der Waals surface area contributed by atoms with E-state index in [9.17, 15) is 9.59 Å². The van der Waals surface area contributed by atoms with Gasteiger partial charge >= 0.3 is 0 Å². The summed E-state index contributed by atoms with van der Waals surface area (Å²) >= 11 is 1.36. The molecule has 3 heterocycles. The Kier molecular flexibility index (Phi) is 6.34. The maximum Gasteiger partial charge on any atom is 0.262 e. The Bertz CT molecular complexity index is 1150. The van der Waals surface area contributed by atoms with Crippen molar-refractivity contribution >= 4 is 34.3 Å². The first-order chi connectivity index (χ1) is 14.8. The SMILES string of the molecule is CC(C)CCn1c(=O)c2ccccc2n2c(SCC(=O)N3CC(C)OC(C)C3)nnc12. The molecule has 1 amide bonds. The lowest BCUT2D eigenvalue weighted by molar-refractivity contribution is -0.140. The zero-order valence-electron chi connectivity index (χ0n) is 18.4. The highest BCUT2D eigenvalue weighted by Crippen LogP contribution is 2.23. The number of morpholine rings is 1. The molecule has 1 saturated heterocycles. The minimum Gasteiger partial charge on any atom is -0.372 e. The van der Waals surface area contributed by atoms with E-state index >= 15 is 0 Å². The fraction of sp³-hybridized carbons (Fsp3) is 0.545. The minimum atomic E-state index is -0.0555. The van der Waals surface area contributed by atoms with Gasteiger partial charge in [-0.15, -0.1) is 10.2 Å². The number of carbonyl (C=O) groups is 1. The standard InChI is InChI=1S/C22H29N5O3S/c1-14(2)9-10-26-20(29)17-7-5-6-8-18(17)27-21(26)23-24-22(27)31-13-19(28)25-11-15(3)30-16(4)12-25/h5-8,14-16H,9-13H2,1-4H3. The first-order valence-corrected chi connectivity index (χ1v) is 11.8. The van der Waals surface area contributed by atoms with Crippen LogP contribution >= 0.6 is 11.8 Å². The topological polar surface area (TPSA) is 81.7 Å². The fourth-order valence-corrected chi connectivity index (χ4v) is 4.86. The van der Waals surface area contributed by atoms with E-state index in [1.807, 2.05) is 47.4 Å². The van der Waals surface area contributed by atoms with Crippen molar-refractivity contribution in [3.8, 4) is 0 Å². The van der Waals surface area contributed by atoms with Gasteiger partial charge in [-0.25, -0.2) is 0 Å². The summed E-state index contributed by atoms with van der Waals surface area (Å²) in [5.41, 5.74) is 0.705. The molecule has 1 fully saturated rings. The average Bonchev–Trinajstić information content (AvgIpc) is 3.15. The van der Waals surface area contributed by atoms with E-state index in [0.29, 0.717) is 41.9 Å². The summed E-state index contributed by atoms with van der Waals surface area (Å²) in [6.07, 6.45) is 0.937. The molecule has 0 bridgehead atoms. The summed E-state index contributed by atoms with van der Waals surface area (Å²) in [5.74, 6) is 1.31. The molecule has 0 saturated carbocycles. The number of nitrogens with zero attached hydrogens (tertiary/aromatic N) is 5. The van der Waals surface area contributed by atoms with Crippen LogP contribution in [0.25, 0.3) is 16.7 Å². The first-order valence-electron chi connectivity index (χ1n) is 10.8. The second kappa shape index (κ2) is 9.00. The van der Waals surface area contributed by atoms with Crippen LogP contribution in [0.3, 0.4) is 0 Å². The summed E-state index contributed by atoms with van der Waals surface area (Å²) < 4.78 is 9.33. The lowest BCUT2D eigenvalue weighted by atomic mass is 10.1. The van der Waals surface area contributed by atoms with Crippen LogP contribution in [0, 0.1) is 5.92 Å². The number of aryl methyl sites for hydroxylation is 1. The Morgan fingerprint density at radius 2 is 1.90 bits per heavy atom. The normalized spacial score (nSPS) is 19.6. The van der Waals surface area contributed by atoms with E-state index in [2.05, 4.69) is 24.0 Å². The third-order valence-corrected chi connectivity index (χ3v) is 6.42. The second-order valence-electron chi connectivity index (χ2n) is 8.62. The highest BCUT2D eigenvalue weighted by atomic mass is 32.2. The van der Waals surface area contributed by atoms with E-state index in [0.717, 1.165) is 11.9 Å². The highest BCUT2D eigenvalue weighted by Gasteiger charge is 2.26. The van der Waals surface area contributed by atoms with Crippen LogP contribution in [0.5, 0.6) is 0 Å². The van der Waals surface area contributed by atoms with Gasteiger partial charge in [-0.3, -0.25) is 18.6 Å². The lowest BCUT2D eigenvalue weighted by Crippen LogP contribution is -2.48. The predicted octanol–water partition coefficient (Wildman–Crippen LogP) is 2.82. The average molecular weight is 444 g/mol. The molecule has 1 aliphatic heterocycles. The third-order valence-electron chi connectivity index (χ3n) is 5.51. The van der Waals surface area contributed by atoms with Gasteiger partial charge in [0, 0.05) is 19.6 Å². The molecule has 9 heteroatoms. The summed E-state index contributed by atoms with van der Waals surface area (Å²) in [7, 11) is 0. The van der Waals surface area contributed by atoms with Crippen molar-refractivity contribution in [3.63, 3.8) is 0 Å². The number of hydrogen-bond donors (Lipinski definition) is 0. The van der Waals surface area contributed by atoms with Gasteiger partial charge in [0.05, 0.1) is 28.9 Å². The molecular formula is C22H29N5O3S. The zero-order chi connectivity index (χ0) is 22.1. The predicted molar refractivity (Wildman–Crippen MR) is 122 cm³/mol. The number of carbonyl (C=O) groups excluding carboxylic acids is 1. The van der Waals surface area contributed by atoms with Crippen molar-refractivity contribution in [1.82, 2.24) is 24.1 Å².